The summed E-state index contributed by atoms with van der Waals surface area (Å²) in [5.41, 5.74) is 2.01. The second-order valence-electron chi connectivity index (χ2n) is 5.33. The lowest BCUT2D eigenvalue weighted by Gasteiger charge is -2.12. The molecule has 112 valence electrons. The average molecular weight is 324 g/mol. The van der Waals surface area contributed by atoms with E-state index in [4.69, 9.17) is 27.9 Å². The molecule has 0 unspecified atom stereocenters. The number of hydrogen-bond acceptors (Lipinski definition) is 2. The first-order valence-electron chi connectivity index (χ1n) is 6.95. The fourth-order valence-electron chi connectivity index (χ4n) is 1.84. The number of halogens is 2. The van der Waals surface area contributed by atoms with Crippen LogP contribution in [-0.2, 0) is 6.54 Å². The van der Waals surface area contributed by atoms with Crippen molar-refractivity contribution in [3.8, 4) is 5.75 Å². The Labute approximate surface area is 136 Å². The molecule has 0 fully saturated rings. The van der Waals surface area contributed by atoms with E-state index in [0.717, 1.165) is 23.6 Å². The van der Waals surface area contributed by atoms with Gasteiger partial charge in [0.1, 0.15) is 5.75 Å². The summed E-state index contributed by atoms with van der Waals surface area (Å²) in [7, 11) is 0. The molecule has 0 saturated heterocycles. The van der Waals surface area contributed by atoms with Crippen LogP contribution in [-0.4, -0.2) is 6.61 Å². The van der Waals surface area contributed by atoms with Crippen LogP contribution < -0.4 is 10.1 Å². The molecule has 21 heavy (non-hydrogen) atoms. The quantitative estimate of drug-likeness (QED) is 0.742. The molecule has 2 aromatic carbocycles. The highest BCUT2D eigenvalue weighted by Gasteiger charge is 2.02. The lowest BCUT2D eigenvalue weighted by Crippen LogP contribution is -2.05. The topological polar surface area (TPSA) is 21.3 Å². The van der Waals surface area contributed by atoms with Crippen molar-refractivity contribution in [1.29, 1.82) is 0 Å². The van der Waals surface area contributed by atoms with Gasteiger partial charge in [0.2, 0.25) is 0 Å². The van der Waals surface area contributed by atoms with Crippen molar-refractivity contribution in [2.24, 2.45) is 5.92 Å². The molecule has 0 atom stereocenters. The first-order chi connectivity index (χ1) is 10.0. The maximum Gasteiger partial charge on any atom is 0.119 e. The molecule has 2 aromatic rings. The molecule has 0 radical (unpaired) electrons. The minimum Gasteiger partial charge on any atom is -0.493 e. The molecule has 2 nitrogen and oxygen atoms in total. The minimum atomic E-state index is 0.514. The Morgan fingerprint density at radius 2 is 1.90 bits per heavy atom. The van der Waals surface area contributed by atoms with E-state index in [1.54, 1.807) is 6.07 Å². The van der Waals surface area contributed by atoms with Gasteiger partial charge >= 0.3 is 0 Å². The van der Waals surface area contributed by atoms with Crippen LogP contribution in [0.5, 0.6) is 5.75 Å². The summed E-state index contributed by atoms with van der Waals surface area (Å²) in [5, 5.41) is 4.56. The molecule has 0 aliphatic rings. The summed E-state index contributed by atoms with van der Waals surface area (Å²) in [6.45, 7) is 5.67. The number of ether oxygens (including phenoxy) is 1. The minimum absolute atomic E-state index is 0.514. The molecule has 1 N–H and O–H groups in total. The van der Waals surface area contributed by atoms with Crippen molar-refractivity contribution in [3.05, 3.63) is 58.1 Å². The maximum atomic E-state index is 6.14. The van der Waals surface area contributed by atoms with E-state index in [-0.39, 0.29) is 0 Å². The number of hydrogen-bond donors (Lipinski definition) is 1. The highest BCUT2D eigenvalue weighted by Crippen LogP contribution is 2.26. The Hall–Kier alpha value is -1.38. The van der Waals surface area contributed by atoms with Gasteiger partial charge < -0.3 is 10.1 Å². The van der Waals surface area contributed by atoms with Crippen LogP contribution >= 0.6 is 23.2 Å². The van der Waals surface area contributed by atoms with E-state index in [0.29, 0.717) is 22.5 Å². The lowest BCUT2D eigenvalue weighted by atomic mass is 10.2. The van der Waals surface area contributed by atoms with Crippen molar-refractivity contribution < 1.29 is 4.74 Å². The van der Waals surface area contributed by atoms with Gasteiger partial charge in [-0.05, 0) is 41.8 Å². The molecule has 0 amide bonds. The Morgan fingerprint density at radius 3 is 2.62 bits per heavy atom. The van der Waals surface area contributed by atoms with Gasteiger partial charge in [-0.15, -0.1) is 0 Å². The predicted molar refractivity (Wildman–Crippen MR) is 90.6 cm³/mol. The van der Waals surface area contributed by atoms with Crippen molar-refractivity contribution in [1.82, 2.24) is 0 Å². The molecular weight excluding hydrogens is 305 g/mol. The number of nitrogens with one attached hydrogen (secondary N) is 1. The van der Waals surface area contributed by atoms with Crippen molar-refractivity contribution in [3.63, 3.8) is 0 Å². The standard InChI is InChI=1S/C17H19Cl2NO/c1-12(2)11-21-15-5-3-4-13(8-15)10-20-17-7-6-14(18)9-16(17)19/h3-9,12,20H,10-11H2,1-2H3. The van der Waals surface area contributed by atoms with E-state index in [9.17, 15) is 0 Å². The van der Waals surface area contributed by atoms with Crippen LogP contribution in [0.1, 0.15) is 19.4 Å². The fourth-order valence-corrected chi connectivity index (χ4v) is 2.31. The largest absolute Gasteiger partial charge is 0.493 e. The monoisotopic (exact) mass is 323 g/mol. The SMILES string of the molecule is CC(C)COc1cccc(CNc2ccc(Cl)cc2Cl)c1. The highest BCUT2D eigenvalue weighted by molar-refractivity contribution is 6.36. The zero-order valence-corrected chi connectivity index (χ0v) is 13.7. The molecule has 0 aliphatic heterocycles. The third-order valence-electron chi connectivity index (χ3n) is 2.90. The molecule has 0 aromatic heterocycles. The normalized spacial score (nSPS) is 10.7. The van der Waals surface area contributed by atoms with Crippen LogP contribution in [0.4, 0.5) is 5.69 Å². The van der Waals surface area contributed by atoms with E-state index in [1.165, 1.54) is 0 Å². The summed E-state index contributed by atoms with van der Waals surface area (Å²) >= 11 is 12.0. The molecule has 2 rings (SSSR count). The van der Waals surface area contributed by atoms with Crippen LogP contribution in [0.3, 0.4) is 0 Å². The third-order valence-corrected chi connectivity index (χ3v) is 3.44. The number of rotatable bonds is 6. The van der Waals surface area contributed by atoms with Crippen molar-refractivity contribution in [2.45, 2.75) is 20.4 Å². The zero-order chi connectivity index (χ0) is 15.2. The van der Waals surface area contributed by atoms with Gasteiger partial charge in [0.25, 0.3) is 0 Å². The Kier molecular flexibility index (Phi) is 5.77. The Balaban J connectivity index is 1.98. The molecule has 0 spiro atoms. The summed E-state index contributed by atoms with van der Waals surface area (Å²) in [4.78, 5) is 0. The Bertz CT molecular complexity index is 599. The smallest absolute Gasteiger partial charge is 0.119 e. The van der Waals surface area contributed by atoms with E-state index < -0.39 is 0 Å². The van der Waals surface area contributed by atoms with Gasteiger partial charge in [-0.2, -0.15) is 0 Å². The molecule has 0 bridgehead atoms. The van der Waals surface area contributed by atoms with Crippen LogP contribution in [0.2, 0.25) is 10.0 Å². The second-order valence-corrected chi connectivity index (χ2v) is 6.17. The first-order valence-corrected chi connectivity index (χ1v) is 7.71. The summed E-state index contributed by atoms with van der Waals surface area (Å²) < 4.78 is 5.73. The van der Waals surface area contributed by atoms with Crippen molar-refractivity contribution in [2.75, 3.05) is 11.9 Å². The highest BCUT2D eigenvalue weighted by atomic mass is 35.5. The van der Waals surface area contributed by atoms with E-state index in [2.05, 4.69) is 25.2 Å². The van der Waals surface area contributed by atoms with Gasteiger partial charge in [0.05, 0.1) is 17.3 Å². The van der Waals surface area contributed by atoms with Crippen molar-refractivity contribution >= 4 is 28.9 Å². The molecule has 0 heterocycles. The third kappa shape index (κ3) is 5.14. The summed E-state index contributed by atoms with van der Waals surface area (Å²) in [5.74, 6) is 1.41. The second kappa shape index (κ2) is 7.58. The predicted octanol–water partition coefficient (Wildman–Crippen LogP) is 5.64. The van der Waals surface area contributed by atoms with Gasteiger partial charge in [-0.25, -0.2) is 0 Å². The lowest BCUT2D eigenvalue weighted by molar-refractivity contribution is 0.271. The fraction of sp³-hybridized carbons (Fsp3) is 0.294. The Morgan fingerprint density at radius 1 is 1.10 bits per heavy atom. The average Bonchev–Trinajstić information content (AvgIpc) is 2.45. The summed E-state index contributed by atoms with van der Waals surface area (Å²) in [6, 6.07) is 13.5. The van der Waals surface area contributed by atoms with E-state index in [1.807, 2.05) is 30.3 Å². The zero-order valence-electron chi connectivity index (χ0n) is 12.2. The van der Waals surface area contributed by atoms with Gasteiger partial charge in [-0.1, -0.05) is 49.2 Å². The van der Waals surface area contributed by atoms with Gasteiger partial charge in [0, 0.05) is 11.6 Å². The van der Waals surface area contributed by atoms with E-state index >= 15 is 0 Å². The van der Waals surface area contributed by atoms with Crippen LogP contribution in [0, 0.1) is 5.92 Å². The number of benzene rings is 2. The van der Waals surface area contributed by atoms with Crippen LogP contribution in [0.15, 0.2) is 42.5 Å². The van der Waals surface area contributed by atoms with Gasteiger partial charge in [0.15, 0.2) is 0 Å². The molecule has 0 aliphatic carbocycles. The number of anilines is 1. The molecular formula is C17H19Cl2NO. The van der Waals surface area contributed by atoms with Gasteiger partial charge in [-0.3, -0.25) is 0 Å². The first kappa shape index (κ1) is 16.0. The molecule has 0 saturated carbocycles. The maximum absolute atomic E-state index is 6.14. The molecule has 4 heteroatoms. The summed E-state index contributed by atoms with van der Waals surface area (Å²) in [6.07, 6.45) is 0. The van der Waals surface area contributed by atoms with Crippen LogP contribution in [0.25, 0.3) is 0 Å².